The standard InChI is InChI=1S/C70H98N14O17/c1-8-40(6)55(64(93)82-56(41(7)86)63(92)76-34-53(87)77-49(60(89)80-52(35-85)67(96)97)29-20-32-75-69(98)100-36-42-21-11-9-12-22-42)81-61(90)50(30-19-31-74-68(72)73)78-62(91)51(33-38(2)3)79-66(95)58(59(88)39(4)5)83-65(94)57(54(71)43-23-13-10-14-24-43)84-70(99)101-37-48-46-27-17-15-25-44(46)45-26-16-18-28-47(45)48/h9-18,21-28,38-41,48-52,54-59,85-86,88H,8,19-20,29-37,71H2,1-7H3,(H,75,98)(H,76,92)(H,77,87)(H,78,91)(H,79,95)(H,80,89)(H,81,90)(H,82,93)(H,83,94)(H,84,99)(H,96,97)(H4,72,73,74)/t40-,41-,49-,50+,51-,52-,54+,55-,56-,57-,58-,59+/m0/s1. The molecule has 550 valence electrons. The Labute approximate surface area is 586 Å². The number of amides is 10. The number of nitrogens with two attached hydrogens (primary N) is 3. The van der Waals surface area contributed by atoms with Gasteiger partial charge in [-0.1, -0.05) is 157 Å². The molecule has 0 saturated heterocycles. The number of aliphatic carboxylic acids is 1. The molecule has 0 spiro atoms. The fourth-order valence-corrected chi connectivity index (χ4v) is 11.0. The second-order valence-electron chi connectivity index (χ2n) is 25.5. The van der Waals surface area contributed by atoms with Crippen LogP contribution in [0.3, 0.4) is 0 Å². The number of carbonyl (C=O) groups is 11. The van der Waals surface area contributed by atoms with E-state index in [1.54, 1.807) is 102 Å². The van der Waals surface area contributed by atoms with E-state index in [-0.39, 0.29) is 82.6 Å². The van der Waals surface area contributed by atoms with Crippen LogP contribution in [-0.4, -0.2) is 185 Å². The first-order valence-electron chi connectivity index (χ1n) is 33.6. The van der Waals surface area contributed by atoms with Gasteiger partial charge in [0.25, 0.3) is 0 Å². The van der Waals surface area contributed by atoms with Crippen molar-refractivity contribution < 1.29 is 82.6 Å². The number of guanidine groups is 1. The first kappa shape index (κ1) is 81.4. The molecule has 10 amide bonds. The molecule has 31 nitrogen and oxygen atoms in total. The maximum atomic E-state index is 14.7. The Kier molecular flexibility index (Phi) is 32.8. The van der Waals surface area contributed by atoms with E-state index in [2.05, 4.69) is 58.2 Å². The topological polar surface area (TPSA) is 498 Å². The fourth-order valence-electron chi connectivity index (χ4n) is 11.0. The van der Waals surface area contributed by atoms with Crippen LogP contribution in [0.4, 0.5) is 9.59 Å². The lowest BCUT2D eigenvalue weighted by molar-refractivity contribution is -0.143. The minimum absolute atomic E-state index is 0.0275. The molecule has 1 aliphatic rings. The predicted molar refractivity (Wildman–Crippen MR) is 372 cm³/mol. The van der Waals surface area contributed by atoms with Gasteiger partial charge in [-0.2, -0.15) is 0 Å². The molecule has 12 atom stereocenters. The van der Waals surface area contributed by atoms with Gasteiger partial charge in [0.15, 0.2) is 5.96 Å². The first-order valence-corrected chi connectivity index (χ1v) is 33.6. The molecule has 0 fully saturated rings. The van der Waals surface area contributed by atoms with Crippen LogP contribution in [0.15, 0.2) is 114 Å². The van der Waals surface area contributed by atoms with Crippen molar-refractivity contribution in [3.63, 3.8) is 0 Å². The van der Waals surface area contributed by atoms with Crippen molar-refractivity contribution in [2.24, 2.45) is 39.9 Å². The van der Waals surface area contributed by atoms with Crippen molar-refractivity contribution in [3.8, 4) is 11.1 Å². The van der Waals surface area contributed by atoms with Crippen LogP contribution in [-0.2, 0) is 59.2 Å². The number of benzene rings is 4. The Balaban J connectivity index is 1.29. The summed E-state index contributed by atoms with van der Waals surface area (Å²) in [6.45, 7) is 9.04. The number of aliphatic hydroxyl groups is 3. The number of carboxylic acid groups (broad SMARTS) is 1. The van der Waals surface area contributed by atoms with E-state index in [0.29, 0.717) is 5.56 Å². The lowest BCUT2D eigenvalue weighted by Crippen LogP contribution is -2.63. The van der Waals surface area contributed by atoms with E-state index in [0.717, 1.165) is 34.7 Å². The van der Waals surface area contributed by atoms with E-state index < -0.39 is 157 Å². The molecule has 1 aliphatic carbocycles. The Bertz CT molecular complexity index is 3420. The smallest absolute Gasteiger partial charge is 0.407 e. The van der Waals surface area contributed by atoms with Crippen molar-refractivity contribution in [1.29, 1.82) is 0 Å². The lowest BCUT2D eigenvalue weighted by Gasteiger charge is -2.32. The summed E-state index contributed by atoms with van der Waals surface area (Å²) in [5, 5.41) is 66.4. The molecule has 4 aromatic rings. The van der Waals surface area contributed by atoms with Crippen LogP contribution in [0.2, 0.25) is 0 Å². The van der Waals surface area contributed by atoms with Gasteiger partial charge in [0, 0.05) is 19.0 Å². The molecule has 20 N–H and O–H groups in total. The maximum Gasteiger partial charge on any atom is 0.407 e. The minimum Gasteiger partial charge on any atom is -0.480 e. The number of aliphatic hydroxyl groups excluding tert-OH is 3. The van der Waals surface area contributed by atoms with Gasteiger partial charge >= 0.3 is 18.2 Å². The van der Waals surface area contributed by atoms with Gasteiger partial charge in [-0.25, -0.2) is 14.4 Å². The largest absolute Gasteiger partial charge is 0.480 e. The average Bonchev–Trinajstić information content (AvgIpc) is 1.62. The van der Waals surface area contributed by atoms with Gasteiger partial charge in [0.05, 0.1) is 31.4 Å². The van der Waals surface area contributed by atoms with E-state index in [4.69, 9.17) is 26.7 Å². The van der Waals surface area contributed by atoms with Crippen molar-refractivity contribution in [3.05, 3.63) is 131 Å². The highest BCUT2D eigenvalue weighted by atomic mass is 16.6. The van der Waals surface area contributed by atoms with Gasteiger partial charge in [0.1, 0.15) is 61.5 Å². The number of hydrogen-bond donors (Lipinski definition) is 17. The van der Waals surface area contributed by atoms with E-state index in [9.17, 15) is 73.2 Å². The van der Waals surface area contributed by atoms with Crippen LogP contribution in [0, 0.1) is 17.8 Å². The van der Waals surface area contributed by atoms with E-state index >= 15 is 0 Å². The van der Waals surface area contributed by atoms with Gasteiger partial charge in [-0.05, 0) is 90.2 Å². The zero-order valence-electron chi connectivity index (χ0n) is 57.8. The maximum absolute atomic E-state index is 14.7. The second-order valence-corrected chi connectivity index (χ2v) is 25.5. The SMILES string of the molecule is CC[C@H](C)[C@H](NC(=O)[C@@H](CCCN=C(N)N)NC(=O)[C@H](CC(C)C)NC(=O)[C@@H](NC(=O)[C@@H](NC(=O)OCC1c2ccccc2-c2ccccc21)[C@H](N)c1ccccc1)[C@H](O)C(C)C)C(=O)N[C@H](C(=O)NCC(=O)N[C@@H](CCCNC(=O)OCc1ccccc1)C(=O)N[C@@H](CO)C(=O)O)[C@H](C)O. The highest BCUT2D eigenvalue weighted by Gasteiger charge is 2.40. The number of aliphatic imine (C=N–C) groups is 1. The van der Waals surface area contributed by atoms with Crippen molar-refractivity contribution >= 4 is 71.4 Å². The summed E-state index contributed by atoms with van der Waals surface area (Å²) >= 11 is 0. The van der Waals surface area contributed by atoms with Crippen molar-refractivity contribution in [2.45, 2.75) is 166 Å². The quantitative estimate of drug-likeness (QED) is 0.0163. The molecular weight excluding hydrogens is 1310 g/mol. The summed E-state index contributed by atoms with van der Waals surface area (Å²) in [6, 6.07) is 18.6. The number of nitrogens with one attached hydrogen (secondary N) is 10. The van der Waals surface area contributed by atoms with Crippen LogP contribution in [0.1, 0.15) is 121 Å². The molecule has 0 bridgehead atoms. The van der Waals surface area contributed by atoms with Crippen LogP contribution < -0.4 is 70.4 Å². The summed E-state index contributed by atoms with van der Waals surface area (Å²) in [5.74, 6) is -11.9. The van der Waals surface area contributed by atoms with Crippen LogP contribution >= 0.6 is 0 Å². The number of carbonyl (C=O) groups excluding carboxylic acids is 10. The van der Waals surface area contributed by atoms with Gasteiger partial charge < -0.3 is 100 Å². The molecule has 0 aromatic heterocycles. The monoisotopic (exact) mass is 1410 g/mol. The molecule has 4 aromatic carbocycles. The summed E-state index contributed by atoms with van der Waals surface area (Å²) in [7, 11) is 0. The number of fused-ring (bicyclic) bond motifs is 3. The molecule has 0 radical (unpaired) electrons. The van der Waals surface area contributed by atoms with Gasteiger partial charge in [-0.3, -0.25) is 43.3 Å². The highest BCUT2D eigenvalue weighted by molar-refractivity contribution is 5.98. The van der Waals surface area contributed by atoms with Crippen LogP contribution in [0.25, 0.3) is 11.1 Å². The first-order chi connectivity index (χ1) is 48.0. The Morgan fingerprint density at radius 1 is 0.545 bits per heavy atom. The normalized spacial score (nSPS) is 15.2. The third-order valence-corrected chi connectivity index (χ3v) is 16.8. The fraction of sp³-hybridized carbons (Fsp3) is 0.486. The number of carboxylic acids is 1. The predicted octanol–water partition coefficient (Wildman–Crippen LogP) is 0.430. The third-order valence-electron chi connectivity index (χ3n) is 16.8. The summed E-state index contributed by atoms with van der Waals surface area (Å²) in [4.78, 5) is 155. The molecule has 0 unspecified atom stereocenters. The molecule has 0 saturated carbocycles. The average molecular weight is 1410 g/mol. The zero-order valence-corrected chi connectivity index (χ0v) is 57.8. The van der Waals surface area contributed by atoms with Gasteiger partial charge in [-0.15, -0.1) is 0 Å². The second kappa shape index (κ2) is 40.7. The molecule has 0 heterocycles. The lowest BCUT2D eigenvalue weighted by atomic mass is 9.95. The molecule has 0 aliphatic heterocycles. The molecular formula is C70H98N14O17. The molecule has 5 rings (SSSR count). The molecule has 101 heavy (non-hydrogen) atoms. The number of hydrogen-bond acceptors (Lipinski definition) is 18. The van der Waals surface area contributed by atoms with E-state index in [1.807, 2.05) is 48.5 Å². The Hall–Kier alpha value is -10.2. The van der Waals surface area contributed by atoms with Crippen molar-refractivity contribution in [1.82, 2.24) is 53.2 Å². The van der Waals surface area contributed by atoms with Crippen LogP contribution in [0.5, 0.6) is 0 Å². The Morgan fingerprint density at radius 2 is 1.06 bits per heavy atom. The minimum atomic E-state index is -1.79. The number of ether oxygens (including phenoxy) is 2. The zero-order chi connectivity index (χ0) is 74.5. The summed E-state index contributed by atoms with van der Waals surface area (Å²) < 4.78 is 11.0. The third kappa shape index (κ3) is 25.5. The Morgan fingerprint density at radius 3 is 1.63 bits per heavy atom. The number of rotatable bonds is 40. The number of nitrogens with zero attached hydrogens (tertiary/aromatic N) is 1. The van der Waals surface area contributed by atoms with Crippen molar-refractivity contribution in [2.75, 3.05) is 32.8 Å². The highest BCUT2D eigenvalue weighted by Crippen LogP contribution is 2.44. The summed E-state index contributed by atoms with van der Waals surface area (Å²) in [6.07, 6.45) is -5.11. The summed E-state index contributed by atoms with van der Waals surface area (Å²) in [5.41, 5.74) is 22.9. The molecule has 31 heteroatoms. The number of alkyl carbamates (subject to hydrolysis) is 2. The van der Waals surface area contributed by atoms with Gasteiger partial charge in [0.2, 0.25) is 47.3 Å². The van der Waals surface area contributed by atoms with E-state index in [1.165, 1.54) is 0 Å².